The predicted molar refractivity (Wildman–Crippen MR) is 104 cm³/mol. The van der Waals surface area contributed by atoms with E-state index in [0.29, 0.717) is 0 Å². The van der Waals surface area contributed by atoms with Crippen LogP contribution in [-0.4, -0.2) is 10.0 Å². The zero-order valence-electron chi connectivity index (χ0n) is 15.0. The normalized spacial score (nSPS) is 11.6. The van der Waals surface area contributed by atoms with E-state index in [1.165, 1.54) is 12.1 Å². The first-order chi connectivity index (χ1) is 12.9. The number of phenolic OH excluding ortho intramolecular Hbond substituents is 1. The highest BCUT2D eigenvalue weighted by atomic mass is 16.6. The van der Waals surface area contributed by atoms with E-state index >= 15 is 0 Å². The Hall–Kier alpha value is -3.54. The van der Waals surface area contributed by atoms with Gasteiger partial charge in [0.15, 0.2) is 5.69 Å². The van der Waals surface area contributed by atoms with Crippen LogP contribution in [0.5, 0.6) is 5.75 Å². The number of nitro groups is 1. The third-order valence-electron chi connectivity index (χ3n) is 4.54. The van der Waals surface area contributed by atoms with Crippen molar-refractivity contribution in [2.24, 2.45) is 10.2 Å². The molecule has 0 amide bonds. The molecule has 0 radical (unpaired) electrons. The van der Waals surface area contributed by atoms with E-state index in [0.717, 1.165) is 11.1 Å². The predicted octanol–water partition coefficient (Wildman–Crippen LogP) is 6.04. The van der Waals surface area contributed by atoms with Crippen LogP contribution in [0, 0.1) is 10.1 Å². The number of azo groups is 1. The van der Waals surface area contributed by atoms with Crippen LogP contribution < -0.4 is 0 Å². The highest BCUT2D eigenvalue weighted by Crippen LogP contribution is 2.38. The molecule has 0 atom stereocenters. The monoisotopic (exact) mass is 361 g/mol. The molecule has 0 heterocycles. The Morgan fingerprint density at radius 2 is 1.48 bits per heavy atom. The van der Waals surface area contributed by atoms with Gasteiger partial charge in [0, 0.05) is 11.5 Å². The lowest BCUT2D eigenvalue weighted by Gasteiger charge is -2.26. The van der Waals surface area contributed by atoms with E-state index < -0.39 is 4.92 Å². The molecule has 3 rings (SSSR count). The minimum absolute atomic E-state index is 0.0371. The molecule has 0 unspecified atom stereocenters. The topological polar surface area (TPSA) is 88.1 Å². The molecular formula is C21H19N3O3. The highest BCUT2D eigenvalue weighted by Gasteiger charge is 2.24. The molecule has 27 heavy (non-hydrogen) atoms. The second-order valence-corrected chi connectivity index (χ2v) is 6.64. The van der Waals surface area contributed by atoms with Crippen LogP contribution in [-0.2, 0) is 5.41 Å². The van der Waals surface area contributed by atoms with Crippen molar-refractivity contribution >= 4 is 17.1 Å². The average Bonchev–Trinajstić information content (AvgIpc) is 2.68. The molecule has 0 saturated heterocycles. The SMILES string of the molecule is CC(C)(c1ccccc1)c1ccc(O)c(/N=N/c2ccccc2[N+](=O)[O-])c1. The van der Waals surface area contributed by atoms with Gasteiger partial charge in [-0.1, -0.05) is 62.4 Å². The Morgan fingerprint density at radius 1 is 0.852 bits per heavy atom. The fourth-order valence-electron chi connectivity index (χ4n) is 2.82. The first-order valence-electron chi connectivity index (χ1n) is 8.44. The summed E-state index contributed by atoms with van der Waals surface area (Å²) in [5, 5.41) is 29.3. The van der Waals surface area contributed by atoms with Gasteiger partial charge < -0.3 is 5.11 Å². The summed E-state index contributed by atoms with van der Waals surface area (Å²) in [6.45, 7) is 4.16. The Labute approximate surface area is 157 Å². The Morgan fingerprint density at radius 3 is 2.19 bits per heavy atom. The minimum atomic E-state index is -0.511. The van der Waals surface area contributed by atoms with Gasteiger partial charge in [-0.2, -0.15) is 0 Å². The van der Waals surface area contributed by atoms with Crippen LogP contribution >= 0.6 is 0 Å². The van der Waals surface area contributed by atoms with Gasteiger partial charge in [-0.25, -0.2) is 0 Å². The number of nitrogens with zero attached hydrogens (tertiary/aromatic N) is 3. The lowest BCUT2D eigenvalue weighted by Crippen LogP contribution is -2.18. The number of rotatable bonds is 5. The average molecular weight is 361 g/mol. The summed E-state index contributed by atoms with van der Waals surface area (Å²) >= 11 is 0. The zero-order valence-corrected chi connectivity index (χ0v) is 15.0. The molecule has 136 valence electrons. The van der Waals surface area contributed by atoms with Gasteiger partial charge in [-0.3, -0.25) is 10.1 Å². The fraction of sp³-hybridized carbons (Fsp3) is 0.143. The van der Waals surface area contributed by atoms with Crippen molar-refractivity contribution in [2.45, 2.75) is 19.3 Å². The summed E-state index contributed by atoms with van der Waals surface area (Å²) in [5.41, 5.74) is 2.02. The standard InChI is InChI=1S/C21H19N3O3/c1-21(2,15-8-4-3-5-9-15)16-12-13-20(25)18(14-16)23-22-17-10-6-7-11-19(17)24(26)27/h3-14,25H,1-2H3/b23-22+. The fourth-order valence-corrected chi connectivity index (χ4v) is 2.82. The summed E-state index contributed by atoms with van der Waals surface area (Å²) in [6.07, 6.45) is 0. The summed E-state index contributed by atoms with van der Waals surface area (Å²) in [6, 6.07) is 21.2. The van der Waals surface area contributed by atoms with Gasteiger partial charge in [0.2, 0.25) is 0 Å². The van der Waals surface area contributed by atoms with E-state index in [4.69, 9.17) is 0 Å². The molecule has 6 heteroatoms. The molecular weight excluding hydrogens is 342 g/mol. The largest absolute Gasteiger partial charge is 0.506 e. The summed E-state index contributed by atoms with van der Waals surface area (Å²) < 4.78 is 0. The molecule has 6 nitrogen and oxygen atoms in total. The minimum Gasteiger partial charge on any atom is -0.506 e. The van der Waals surface area contributed by atoms with Gasteiger partial charge in [0.1, 0.15) is 11.4 Å². The van der Waals surface area contributed by atoms with Crippen molar-refractivity contribution in [3.8, 4) is 5.75 Å². The first-order valence-corrected chi connectivity index (χ1v) is 8.44. The van der Waals surface area contributed by atoms with Gasteiger partial charge >= 0.3 is 0 Å². The summed E-state index contributed by atoms with van der Waals surface area (Å²) in [5.74, 6) is -0.0371. The third kappa shape index (κ3) is 3.84. The van der Waals surface area contributed by atoms with E-state index in [-0.39, 0.29) is 28.2 Å². The van der Waals surface area contributed by atoms with Crippen LogP contribution in [0.1, 0.15) is 25.0 Å². The lowest BCUT2D eigenvalue weighted by atomic mass is 9.78. The van der Waals surface area contributed by atoms with Gasteiger partial charge in [0.25, 0.3) is 5.69 Å². The molecule has 1 N–H and O–H groups in total. The lowest BCUT2D eigenvalue weighted by molar-refractivity contribution is -0.384. The first kappa shape index (κ1) is 18.3. The van der Waals surface area contributed by atoms with Crippen molar-refractivity contribution in [1.82, 2.24) is 0 Å². The quantitative estimate of drug-likeness (QED) is 0.341. The van der Waals surface area contributed by atoms with Crippen molar-refractivity contribution in [1.29, 1.82) is 0 Å². The Kier molecular flexibility index (Phi) is 4.98. The van der Waals surface area contributed by atoms with Gasteiger partial charge in [0.05, 0.1) is 4.92 Å². The number of hydrogen-bond donors (Lipinski definition) is 1. The summed E-state index contributed by atoms with van der Waals surface area (Å²) in [7, 11) is 0. The number of para-hydroxylation sites is 1. The molecule has 0 fully saturated rings. The third-order valence-corrected chi connectivity index (χ3v) is 4.54. The van der Waals surface area contributed by atoms with Crippen molar-refractivity contribution in [3.63, 3.8) is 0 Å². The molecule has 0 aliphatic carbocycles. The van der Waals surface area contributed by atoms with Crippen molar-refractivity contribution < 1.29 is 10.0 Å². The van der Waals surface area contributed by atoms with Crippen LogP contribution in [0.4, 0.5) is 17.1 Å². The number of hydrogen-bond acceptors (Lipinski definition) is 5. The maximum atomic E-state index is 11.1. The van der Waals surface area contributed by atoms with Crippen LogP contribution in [0.15, 0.2) is 83.0 Å². The maximum Gasteiger partial charge on any atom is 0.296 e. The second-order valence-electron chi connectivity index (χ2n) is 6.64. The van der Waals surface area contributed by atoms with Crippen molar-refractivity contribution in [2.75, 3.05) is 0 Å². The highest BCUT2D eigenvalue weighted by molar-refractivity contribution is 5.59. The second kappa shape index (κ2) is 7.37. The molecule has 0 saturated carbocycles. The maximum absolute atomic E-state index is 11.1. The van der Waals surface area contributed by atoms with E-state index in [1.54, 1.807) is 24.3 Å². The van der Waals surface area contributed by atoms with Crippen LogP contribution in [0.25, 0.3) is 0 Å². The number of phenols is 1. The smallest absolute Gasteiger partial charge is 0.296 e. The van der Waals surface area contributed by atoms with E-state index in [1.807, 2.05) is 36.4 Å². The Bertz CT molecular complexity index is 999. The molecule has 0 spiro atoms. The molecule has 3 aromatic carbocycles. The molecule has 0 aliphatic rings. The summed E-state index contributed by atoms with van der Waals surface area (Å²) in [4.78, 5) is 10.6. The Balaban J connectivity index is 1.99. The van der Waals surface area contributed by atoms with E-state index in [9.17, 15) is 15.2 Å². The molecule has 3 aromatic rings. The zero-order chi connectivity index (χ0) is 19.4. The number of nitro benzene ring substituents is 1. The number of aromatic hydroxyl groups is 1. The van der Waals surface area contributed by atoms with Crippen molar-refractivity contribution in [3.05, 3.63) is 94.0 Å². The van der Waals surface area contributed by atoms with E-state index in [2.05, 4.69) is 24.1 Å². The molecule has 0 bridgehead atoms. The molecule has 0 aliphatic heterocycles. The number of benzene rings is 3. The van der Waals surface area contributed by atoms with Gasteiger partial charge in [-0.05, 0) is 29.3 Å². The van der Waals surface area contributed by atoms with Crippen LogP contribution in [0.3, 0.4) is 0 Å². The van der Waals surface area contributed by atoms with Crippen LogP contribution in [0.2, 0.25) is 0 Å². The van der Waals surface area contributed by atoms with Gasteiger partial charge in [-0.15, -0.1) is 10.2 Å². The molecule has 0 aromatic heterocycles.